The summed E-state index contributed by atoms with van der Waals surface area (Å²) >= 11 is 0. The first-order valence-corrected chi connectivity index (χ1v) is 7.03. The number of hydrogen-bond acceptors (Lipinski definition) is 3. The summed E-state index contributed by atoms with van der Waals surface area (Å²) in [4.78, 5) is 26.7. The molecule has 112 valence electrons. The number of carbonyl (C=O) groups is 1. The van der Waals surface area contributed by atoms with Crippen LogP contribution in [0.5, 0.6) is 0 Å². The Morgan fingerprint density at radius 3 is 2.90 bits per heavy atom. The van der Waals surface area contributed by atoms with E-state index in [9.17, 15) is 9.59 Å². The Bertz CT molecular complexity index is 752. The highest BCUT2D eigenvalue weighted by molar-refractivity contribution is 5.80. The largest absolute Gasteiger partial charge is 0.444 e. The number of amides is 1. The number of nitrogens with one attached hydrogen (secondary N) is 2. The number of hydrogen-bond donors (Lipinski definition) is 2. The number of carbonyl (C=O) groups excluding carboxylic acids is 1. The average Bonchev–Trinajstić information content (AvgIpc) is 2.65. The molecule has 0 spiro atoms. The number of ether oxygens (including phenoxy) is 1. The zero-order valence-electron chi connectivity index (χ0n) is 12.4. The van der Waals surface area contributed by atoms with Crippen LogP contribution in [0.4, 0.5) is 4.79 Å². The topological polar surface area (TPSA) is 76.1 Å². The molecule has 6 heteroatoms. The standard InChI is InChI=1S/C15H19N3O3/c1-15(2,3)21-14(20)16-10-7-9-5-4-6-11-12(9)18(8-10)13(19)17-11/h4-6,10H,7-8H2,1-3H3,(H,16,20)(H,17,19). The van der Waals surface area contributed by atoms with Crippen LogP contribution in [-0.2, 0) is 17.7 Å². The number of rotatable bonds is 1. The first kappa shape index (κ1) is 13.7. The molecule has 2 heterocycles. The molecule has 0 aliphatic carbocycles. The van der Waals surface area contributed by atoms with Crippen LogP contribution in [0.25, 0.3) is 11.0 Å². The fourth-order valence-electron chi connectivity index (χ4n) is 2.76. The second-order valence-corrected chi connectivity index (χ2v) is 6.40. The van der Waals surface area contributed by atoms with Gasteiger partial charge in [0.1, 0.15) is 5.60 Å². The molecule has 1 amide bonds. The van der Waals surface area contributed by atoms with E-state index in [1.54, 1.807) is 4.57 Å². The van der Waals surface area contributed by atoms with Crippen LogP contribution in [0.1, 0.15) is 26.3 Å². The first-order valence-electron chi connectivity index (χ1n) is 7.03. The molecule has 1 aliphatic heterocycles. The third-order valence-electron chi connectivity index (χ3n) is 3.47. The van der Waals surface area contributed by atoms with Crippen LogP contribution in [0.3, 0.4) is 0 Å². The maximum absolute atomic E-state index is 12.0. The molecule has 1 aromatic carbocycles. The number of H-pyrrole nitrogens is 1. The Hall–Kier alpha value is -2.24. The monoisotopic (exact) mass is 289 g/mol. The Labute approximate surface area is 122 Å². The average molecular weight is 289 g/mol. The minimum absolute atomic E-state index is 0.145. The van der Waals surface area contributed by atoms with E-state index in [0.29, 0.717) is 13.0 Å². The Morgan fingerprint density at radius 1 is 1.43 bits per heavy atom. The van der Waals surface area contributed by atoms with Crippen molar-refractivity contribution in [2.45, 2.75) is 45.4 Å². The Kier molecular flexibility index (Phi) is 3.04. The van der Waals surface area contributed by atoms with E-state index in [4.69, 9.17) is 4.74 Å². The van der Waals surface area contributed by atoms with Crippen molar-refractivity contribution in [2.24, 2.45) is 0 Å². The van der Waals surface area contributed by atoms with Gasteiger partial charge in [-0.15, -0.1) is 0 Å². The quantitative estimate of drug-likeness (QED) is 0.840. The molecule has 1 unspecified atom stereocenters. The van der Waals surface area contributed by atoms with E-state index in [-0.39, 0.29) is 11.7 Å². The molecule has 0 radical (unpaired) electrons. The normalized spacial score (nSPS) is 17.8. The third-order valence-corrected chi connectivity index (χ3v) is 3.47. The predicted octanol–water partition coefficient (Wildman–Crippen LogP) is 1.78. The van der Waals surface area contributed by atoms with Crippen molar-refractivity contribution in [3.05, 3.63) is 34.2 Å². The van der Waals surface area contributed by atoms with Gasteiger partial charge in [0.05, 0.1) is 17.1 Å². The van der Waals surface area contributed by atoms with Gasteiger partial charge in [-0.1, -0.05) is 12.1 Å². The second-order valence-electron chi connectivity index (χ2n) is 6.40. The minimum Gasteiger partial charge on any atom is -0.444 e. The summed E-state index contributed by atoms with van der Waals surface area (Å²) in [6, 6.07) is 5.63. The van der Waals surface area contributed by atoms with E-state index in [1.807, 2.05) is 39.0 Å². The number of benzene rings is 1. The number of aromatic nitrogens is 2. The van der Waals surface area contributed by atoms with Gasteiger partial charge in [-0.25, -0.2) is 9.59 Å². The smallest absolute Gasteiger partial charge is 0.407 e. The lowest BCUT2D eigenvalue weighted by Gasteiger charge is -2.26. The second kappa shape index (κ2) is 4.65. The fourth-order valence-corrected chi connectivity index (χ4v) is 2.76. The highest BCUT2D eigenvalue weighted by Crippen LogP contribution is 2.22. The molecule has 0 bridgehead atoms. The molecule has 2 N–H and O–H groups in total. The zero-order valence-corrected chi connectivity index (χ0v) is 12.4. The number of nitrogens with zero attached hydrogens (tertiary/aromatic N) is 1. The predicted molar refractivity (Wildman–Crippen MR) is 79.4 cm³/mol. The molecular formula is C15H19N3O3. The molecule has 0 fully saturated rings. The Balaban J connectivity index is 1.83. The molecule has 3 rings (SSSR count). The summed E-state index contributed by atoms with van der Waals surface area (Å²) in [5.74, 6) is 0. The van der Waals surface area contributed by atoms with Crippen molar-refractivity contribution in [1.29, 1.82) is 0 Å². The van der Waals surface area contributed by atoms with Gasteiger partial charge in [0, 0.05) is 6.54 Å². The van der Waals surface area contributed by atoms with Gasteiger partial charge in [0.15, 0.2) is 0 Å². The number of imidazole rings is 1. The van der Waals surface area contributed by atoms with Crippen LogP contribution in [-0.4, -0.2) is 27.3 Å². The maximum Gasteiger partial charge on any atom is 0.407 e. The summed E-state index contributed by atoms with van der Waals surface area (Å²) in [6.07, 6.45) is 0.236. The van der Waals surface area contributed by atoms with Gasteiger partial charge in [-0.2, -0.15) is 0 Å². The van der Waals surface area contributed by atoms with E-state index in [0.717, 1.165) is 16.6 Å². The molecule has 1 aromatic heterocycles. The number of para-hydroxylation sites is 1. The van der Waals surface area contributed by atoms with Gasteiger partial charge in [0.2, 0.25) is 0 Å². The maximum atomic E-state index is 12.0. The Morgan fingerprint density at radius 2 is 2.19 bits per heavy atom. The van der Waals surface area contributed by atoms with Crippen LogP contribution in [0.2, 0.25) is 0 Å². The van der Waals surface area contributed by atoms with Gasteiger partial charge < -0.3 is 15.0 Å². The molecule has 0 saturated carbocycles. The molecule has 6 nitrogen and oxygen atoms in total. The van der Waals surface area contributed by atoms with Crippen LogP contribution >= 0.6 is 0 Å². The lowest BCUT2D eigenvalue weighted by Crippen LogP contribution is -2.45. The first-order chi connectivity index (χ1) is 9.83. The number of alkyl carbamates (subject to hydrolysis) is 1. The van der Waals surface area contributed by atoms with Gasteiger partial charge in [-0.05, 0) is 38.8 Å². The molecular weight excluding hydrogens is 270 g/mol. The van der Waals surface area contributed by atoms with E-state index in [1.165, 1.54) is 0 Å². The van der Waals surface area contributed by atoms with Crippen LogP contribution in [0, 0.1) is 0 Å². The van der Waals surface area contributed by atoms with Gasteiger partial charge in [-0.3, -0.25) is 4.57 Å². The SMILES string of the molecule is CC(C)(C)OC(=O)NC1Cc2cccc3[nH]c(=O)n(c23)C1. The van der Waals surface area contributed by atoms with Gasteiger partial charge in [0.25, 0.3) is 0 Å². The molecule has 0 saturated heterocycles. The summed E-state index contributed by atoms with van der Waals surface area (Å²) in [6.45, 7) is 5.92. The number of aromatic amines is 1. The molecule has 21 heavy (non-hydrogen) atoms. The van der Waals surface area contributed by atoms with E-state index >= 15 is 0 Å². The third kappa shape index (κ3) is 2.66. The van der Waals surface area contributed by atoms with Crippen molar-refractivity contribution in [3.63, 3.8) is 0 Å². The van der Waals surface area contributed by atoms with Crippen molar-refractivity contribution in [1.82, 2.24) is 14.9 Å². The highest BCUT2D eigenvalue weighted by Gasteiger charge is 2.25. The lowest BCUT2D eigenvalue weighted by molar-refractivity contribution is 0.0498. The van der Waals surface area contributed by atoms with Crippen molar-refractivity contribution in [2.75, 3.05) is 0 Å². The van der Waals surface area contributed by atoms with Crippen molar-refractivity contribution >= 4 is 17.1 Å². The lowest BCUT2D eigenvalue weighted by atomic mass is 10.0. The molecule has 2 aromatic rings. The van der Waals surface area contributed by atoms with Crippen molar-refractivity contribution in [3.8, 4) is 0 Å². The van der Waals surface area contributed by atoms with E-state index in [2.05, 4.69) is 10.3 Å². The van der Waals surface area contributed by atoms with Crippen LogP contribution < -0.4 is 11.0 Å². The summed E-state index contributed by atoms with van der Waals surface area (Å²) in [5.41, 5.74) is 2.15. The molecule has 1 aliphatic rings. The van der Waals surface area contributed by atoms with E-state index < -0.39 is 11.7 Å². The van der Waals surface area contributed by atoms with Gasteiger partial charge >= 0.3 is 11.8 Å². The van der Waals surface area contributed by atoms with Crippen LogP contribution in [0.15, 0.2) is 23.0 Å². The summed E-state index contributed by atoms with van der Waals surface area (Å²) in [7, 11) is 0. The molecule has 1 atom stereocenters. The highest BCUT2D eigenvalue weighted by atomic mass is 16.6. The summed E-state index contributed by atoms with van der Waals surface area (Å²) in [5, 5.41) is 2.84. The summed E-state index contributed by atoms with van der Waals surface area (Å²) < 4.78 is 6.94. The minimum atomic E-state index is -0.533. The van der Waals surface area contributed by atoms with Crippen molar-refractivity contribution < 1.29 is 9.53 Å². The fraction of sp³-hybridized carbons (Fsp3) is 0.467. The zero-order chi connectivity index (χ0) is 15.2.